The first-order chi connectivity index (χ1) is 9.17. The van der Waals surface area contributed by atoms with Crippen LogP contribution in [0.3, 0.4) is 0 Å². The van der Waals surface area contributed by atoms with Crippen molar-refractivity contribution in [3.8, 4) is 11.8 Å². The monoisotopic (exact) mass is 266 g/mol. The van der Waals surface area contributed by atoms with E-state index in [-0.39, 0.29) is 29.3 Å². The van der Waals surface area contributed by atoms with E-state index < -0.39 is 0 Å². The molecule has 1 atom stereocenters. The number of hydrogen-bond acceptors (Lipinski definition) is 6. The van der Waals surface area contributed by atoms with Crippen molar-refractivity contribution in [3.63, 3.8) is 0 Å². The summed E-state index contributed by atoms with van der Waals surface area (Å²) in [6.07, 6.45) is 1.31. The molecule has 0 radical (unpaired) electrons. The van der Waals surface area contributed by atoms with Crippen LogP contribution < -0.4 is 14.8 Å². The van der Waals surface area contributed by atoms with Crippen LogP contribution in [-0.2, 0) is 0 Å². The van der Waals surface area contributed by atoms with Gasteiger partial charge >= 0.3 is 0 Å². The number of nitrogens with one attached hydrogen (secondary N) is 1. The summed E-state index contributed by atoms with van der Waals surface area (Å²) in [4.78, 5) is 22.2. The maximum atomic E-state index is 12.6. The highest BCUT2D eigenvalue weighted by Gasteiger charge is 2.28. The second-order valence-electron chi connectivity index (χ2n) is 4.37. The zero-order valence-electron chi connectivity index (χ0n) is 11.3. The minimum Gasteiger partial charge on any atom is -0.480 e. The number of carbonyl (C=O) groups excluding carboxylic acids is 1. The molecule has 1 N–H and O–H groups in total. The standard InChI is InChI=1S/C12H18N4O3/c1-8-6-16(5-4-13-8)12(17)9-10(18-2)14-7-15-11(9)19-3/h7-8,13H,4-6H2,1-3H3/t8-/m0/s1. The van der Waals surface area contributed by atoms with E-state index in [1.54, 1.807) is 4.90 Å². The van der Waals surface area contributed by atoms with E-state index in [9.17, 15) is 4.79 Å². The minimum absolute atomic E-state index is 0.164. The van der Waals surface area contributed by atoms with Gasteiger partial charge < -0.3 is 19.7 Å². The molecule has 1 saturated heterocycles. The van der Waals surface area contributed by atoms with Crippen molar-refractivity contribution >= 4 is 5.91 Å². The molecule has 0 bridgehead atoms. The van der Waals surface area contributed by atoms with E-state index in [4.69, 9.17) is 9.47 Å². The molecule has 1 amide bonds. The number of piperazine rings is 1. The van der Waals surface area contributed by atoms with Gasteiger partial charge in [0.1, 0.15) is 6.33 Å². The maximum Gasteiger partial charge on any atom is 0.265 e. The lowest BCUT2D eigenvalue weighted by Gasteiger charge is -2.32. The van der Waals surface area contributed by atoms with Crippen LogP contribution in [0.15, 0.2) is 6.33 Å². The normalized spacial score (nSPS) is 19.1. The largest absolute Gasteiger partial charge is 0.480 e. The van der Waals surface area contributed by atoms with Crippen molar-refractivity contribution in [2.45, 2.75) is 13.0 Å². The molecule has 2 rings (SSSR count). The fraction of sp³-hybridized carbons (Fsp3) is 0.583. The Morgan fingerprint density at radius 3 is 2.53 bits per heavy atom. The van der Waals surface area contributed by atoms with E-state index in [0.717, 1.165) is 6.54 Å². The summed E-state index contributed by atoms with van der Waals surface area (Å²) in [6.45, 7) is 4.09. The van der Waals surface area contributed by atoms with E-state index in [0.29, 0.717) is 13.1 Å². The first-order valence-electron chi connectivity index (χ1n) is 6.13. The van der Waals surface area contributed by atoms with Crippen molar-refractivity contribution in [1.29, 1.82) is 0 Å². The van der Waals surface area contributed by atoms with Crippen molar-refractivity contribution in [3.05, 3.63) is 11.9 Å². The SMILES string of the molecule is COc1ncnc(OC)c1C(=O)N1CCN[C@@H](C)C1. The van der Waals surface area contributed by atoms with Gasteiger partial charge in [-0.3, -0.25) is 4.79 Å². The summed E-state index contributed by atoms with van der Waals surface area (Å²) < 4.78 is 10.3. The van der Waals surface area contributed by atoms with Gasteiger partial charge in [-0.25, -0.2) is 9.97 Å². The van der Waals surface area contributed by atoms with Gasteiger partial charge in [0, 0.05) is 25.7 Å². The van der Waals surface area contributed by atoms with Crippen LogP contribution in [0.2, 0.25) is 0 Å². The molecule has 19 heavy (non-hydrogen) atoms. The summed E-state index contributed by atoms with van der Waals surface area (Å²) in [5.41, 5.74) is 0.279. The molecule has 0 saturated carbocycles. The number of carbonyl (C=O) groups is 1. The summed E-state index contributed by atoms with van der Waals surface area (Å²) in [5, 5.41) is 3.29. The Balaban J connectivity index is 2.31. The first kappa shape index (κ1) is 13.5. The molecule has 0 spiro atoms. The fourth-order valence-electron chi connectivity index (χ4n) is 2.12. The quantitative estimate of drug-likeness (QED) is 0.825. The molecule has 1 fully saturated rings. The molecule has 7 heteroatoms. The van der Waals surface area contributed by atoms with Gasteiger partial charge in [-0.2, -0.15) is 0 Å². The molecule has 1 aliphatic rings. The third-order valence-corrected chi connectivity index (χ3v) is 3.03. The Labute approximate surface area is 111 Å². The van der Waals surface area contributed by atoms with Gasteiger partial charge in [-0.15, -0.1) is 0 Å². The summed E-state index contributed by atoms with van der Waals surface area (Å²) in [6, 6.07) is 0.263. The number of amides is 1. The number of methoxy groups -OCH3 is 2. The van der Waals surface area contributed by atoms with E-state index in [1.807, 2.05) is 6.92 Å². The van der Waals surface area contributed by atoms with Gasteiger partial charge in [0.25, 0.3) is 5.91 Å². The van der Waals surface area contributed by atoms with E-state index in [2.05, 4.69) is 15.3 Å². The Hall–Kier alpha value is -1.89. The first-order valence-corrected chi connectivity index (χ1v) is 6.13. The number of aromatic nitrogens is 2. The Bertz CT molecular complexity index is 444. The van der Waals surface area contributed by atoms with Gasteiger partial charge in [0.15, 0.2) is 5.56 Å². The lowest BCUT2D eigenvalue weighted by Crippen LogP contribution is -2.51. The highest BCUT2D eigenvalue weighted by atomic mass is 16.5. The molecule has 0 aliphatic carbocycles. The number of nitrogens with zero attached hydrogens (tertiary/aromatic N) is 3. The molecule has 2 heterocycles. The molecular weight excluding hydrogens is 248 g/mol. The van der Waals surface area contributed by atoms with Crippen molar-refractivity contribution in [2.24, 2.45) is 0 Å². The fourth-order valence-corrected chi connectivity index (χ4v) is 2.12. The van der Waals surface area contributed by atoms with Crippen LogP contribution in [0.1, 0.15) is 17.3 Å². The average molecular weight is 266 g/mol. The molecule has 0 aromatic carbocycles. The predicted octanol–water partition coefficient (Wildman–Crippen LogP) is -0.0723. The Morgan fingerprint density at radius 2 is 2.00 bits per heavy atom. The number of ether oxygens (including phenoxy) is 2. The van der Waals surface area contributed by atoms with Crippen LogP contribution in [0.5, 0.6) is 11.8 Å². The van der Waals surface area contributed by atoms with Crippen LogP contribution >= 0.6 is 0 Å². The molecule has 1 aliphatic heterocycles. The third kappa shape index (κ3) is 2.76. The molecule has 1 aromatic heterocycles. The predicted molar refractivity (Wildman–Crippen MR) is 68.5 cm³/mol. The Kier molecular flexibility index (Phi) is 4.16. The number of rotatable bonds is 3. The third-order valence-electron chi connectivity index (χ3n) is 3.03. The van der Waals surface area contributed by atoms with Crippen molar-refractivity contribution < 1.29 is 14.3 Å². The zero-order valence-corrected chi connectivity index (χ0v) is 11.3. The summed E-state index contributed by atoms with van der Waals surface area (Å²) >= 11 is 0. The molecular formula is C12H18N4O3. The summed E-state index contributed by atoms with van der Waals surface area (Å²) in [7, 11) is 2.94. The topological polar surface area (TPSA) is 76.6 Å². The Morgan fingerprint density at radius 1 is 1.37 bits per heavy atom. The van der Waals surface area contributed by atoms with Crippen LogP contribution in [0, 0.1) is 0 Å². The number of hydrogen-bond donors (Lipinski definition) is 1. The highest BCUT2D eigenvalue weighted by Crippen LogP contribution is 2.25. The van der Waals surface area contributed by atoms with Gasteiger partial charge in [0.05, 0.1) is 14.2 Å². The second-order valence-corrected chi connectivity index (χ2v) is 4.37. The molecule has 0 unspecified atom stereocenters. The van der Waals surface area contributed by atoms with Crippen molar-refractivity contribution in [2.75, 3.05) is 33.9 Å². The van der Waals surface area contributed by atoms with Gasteiger partial charge in [-0.1, -0.05) is 0 Å². The minimum atomic E-state index is -0.164. The lowest BCUT2D eigenvalue weighted by atomic mass is 10.2. The van der Waals surface area contributed by atoms with Gasteiger partial charge in [0.2, 0.25) is 11.8 Å². The smallest absolute Gasteiger partial charge is 0.265 e. The zero-order chi connectivity index (χ0) is 13.8. The van der Waals surface area contributed by atoms with Crippen molar-refractivity contribution in [1.82, 2.24) is 20.2 Å². The summed E-state index contributed by atoms with van der Waals surface area (Å²) in [5.74, 6) is 0.314. The highest BCUT2D eigenvalue weighted by molar-refractivity contribution is 5.98. The van der Waals surface area contributed by atoms with Crippen LogP contribution in [0.25, 0.3) is 0 Å². The molecule has 104 valence electrons. The van der Waals surface area contributed by atoms with Crippen LogP contribution in [0.4, 0.5) is 0 Å². The van der Waals surface area contributed by atoms with E-state index in [1.165, 1.54) is 20.5 Å². The van der Waals surface area contributed by atoms with Gasteiger partial charge in [-0.05, 0) is 6.92 Å². The van der Waals surface area contributed by atoms with E-state index >= 15 is 0 Å². The second kappa shape index (κ2) is 5.83. The van der Waals surface area contributed by atoms with Crippen LogP contribution in [-0.4, -0.2) is 60.7 Å². The lowest BCUT2D eigenvalue weighted by molar-refractivity contribution is 0.0700. The average Bonchev–Trinajstić information content (AvgIpc) is 2.45. The molecule has 1 aromatic rings. The maximum absolute atomic E-state index is 12.6. The molecule has 7 nitrogen and oxygen atoms in total.